The van der Waals surface area contributed by atoms with Crippen molar-refractivity contribution in [1.82, 2.24) is 9.80 Å². The van der Waals surface area contributed by atoms with E-state index in [4.69, 9.17) is 5.26 Å². The lowest BCUT2D eigenvalue weighted by molar-refractivity contribution is -0.148. The highest BCUT2D eigenvalue weighted by Crippen LogP contribution is 2.35. The third-order valence-corrected chi connectivity index (χ3v) is 4.15. The van der Waals surface area contributed by atoms with Gasteiger partial charge in [0.25, 0.3) is 0 Å². The molecule has 0 aromatic heterocycles. The number of urea groups is 1. The summed E-state index contributed by atoms with van der Waals surface area (Å²) in [4.78, 5) is 27.5. The Hall–Kier alpha value is -1.77. The zero-order valence-corrected chi connectivity index (χ0v) is 13.1. The molecule has 1 heterocycles. The number of nitrogens with zero attached hydrogens (tertiary/aromatic N) is 3. The van der Waals surface area contributed by atoms with Gasteiger partial charge in [0.1, 0.15) is 5.54 Å². The summed E-state index contributed by atoms with van der Waals surface area (Å²) in [5, 5.41) is 18.5. The van der Waals surface area contributed by atoms with E-state index in [0.717, 1.165) is 6.42 Å². The average molecular weight is 295 g/mol. The molecule has 0 spiro atoms. The van der Waals surface area contributed by atoms with E-state index in [-0.39, 0.29) is 11.9 Å². The number of aliphatic carboxylic acids is 1. The van der Waals surface area contributed by atoms with E-state index in [2.05, 4.69) is 6.07 Å². The Bertz CT molecular complexity index is 432. The first kappa shape index (κ1) is 17.3. The van der Waals surface area contributed by atoms with Crippen LogP contribution in [0.4, 0.5) is 4.79 Å². The predicted octanol–water partition coefficient (Wildman–Crippen LogP) is 2.31. The van der Waals surface area contributed by atoms with Crippen LogP contribution in [0.25, 0.3) is 0 Å². The highest BCUT2D eigenvalue weighted by atomic mass is 16.4. The Labute approximate surface area is 126 Å². The molecule has 1 aliphatic heterocycles. The normalized spacial score (nSPS) is 22.7. The van der Waals surface area contributed by atoms with Crippen molar-refractivity contribution < 1.29 is 14.7 Å². The van der Waals surface area contributed by atoms with Crippen LogP contribution in [0, 0.1) is 17.2 Å². The Kier molecular flexibility index (Phi) is 6.01. The summed E-state index contributed by atoms with van der Waals surface area (Å²) < 4.78 is 0. The fourth-order valence-electron chi connectivity index (χ4n) is 3.04. The van der Waals surface area contributed by atoms with Gasteiger partial charge in [-0.05, 0) is 33.1 Å². The zero-order valence-electron chi connectivity index (χ0n) is 13.1. The third-order valence-electron chi connectivity index (χ3n) is 4.15. The molecule has 0 aromatic carbocycles. The molecule has 6 nitrogen and oxygen atoms in total. The van der Waals surface area contributed by atoms with Crippen LogP contribution >= 0.6 is 0 Å². The monoisotopic (exact) mass is 295 g/mol. The Balaban J connectivity index is 2.97. The van der Waals surface area contributed by atoms with Crippen LogP contribution in [-0.2, 0) is 4.79 Å². The first-order chi connectivity index (χ1) is 9.92. The van der Waals surface area contributed by atoms with Crippen molar-refractivity contribution in [3.8, 4) is 6.07 Å². The highest BCUT2D eigenvalue weighted by molar-refractivity contribution is 5.87. The highest BCUT2D eigenvalue weighted by Gasteiger charge is 2.50. The number of carbonyl (C=O) groups is 2. The van der Waals surface area contributed by atoms with Gasteiger partial charge in [-0.3, -0.25) is 0 Å². The predicted molar refractivity (Wildman–Crippen MR) is 78.6 cm³/mol. The number of hydrogen-bond donors (Lipinski definition) is 1. The van der Waals surface area contributed by atoms with Crippen LogP contribution in [0.2, 0.25) is 0 Å². The molecule has 0 saturated carbocycles. The van der Waals surface area contributed by atoms with E-state index in [9.17, 15) is 14.7 Å². The zero-order chi connectivity index (χ0) is 16.0. The minimum Gasteiger partial charge on any atom is -0.479 e. The fraction of sp³-hybridized carbons (Fsp3) is 0.800. The van der Waals surface area contributed by atoms with Crippen LogP contribution in [0.1, 0.15) is 46.5 Å². The molecule has 6 heteroatoms. The number of carboxylic acid groups (broad SMARTS) is 1. The number of hydrogen-bond acceptors (Lipinski definition) is 3. The molecule has 1 fully saturated rings. The second kappa shape index (κ2) is 7.30. The molecule has 1 N–H and O–H groups in total. The lowest BCUT2D eigenvalue weighted by Gasteiger charge is -2.38. The number of carbonyl (C=O) groups excluding carboxylic acids is 1. The largest absolute Gasteiger partial charge is 0.479 e. The van der Waals surface area contributed by atoms with Gasteiger partial charge < -0.3 is 14.9 Å². The topological polar surface area (TPSA) is 84.6 Å². The molecule has 118 valence electrons. The standard InChI is InChI=1S/C15H25N3O3/c1-4-7-15(13(19)20)8-6-9-18(15)14(21)17(5-2)11-12(3)10-16/h12H,4-9,11H2,1-3H3,(H,19,20). The van der Waals surface area contributed by atoms with E-state index < -0.39 is 11.5 Å². The maximum atomic E-state index is 12.7. The Morgan fingerprint density at radius 1 is 1.48 bits per heavy atom. The fourth-order valence-corrected chi connectivity index (χ4v) is 3.04. The maximum absolute atomic E-state index is 12.7. The average Bonchev–Trinajstić information content (AvgIpc) is 2.89. The van der Waals surface area contributed by atoms with Crippen LogP contribution in [0.15, 0.2) is 0 Å². The smallest absolute Gasteiger partial charge is 0.329 e. The number of amides is 2. The molecular formula is C15H25N3O3. The number of rotatable bonds is 6. The number of carboxylic acids is 1. The van der Waals surface area contributed by atoms with Crippen molar-refractivity contribution in [2.75, 3.05) is 19.6 Å². The summed E-state index contributed by atoms with van der Waals surface area (Å²) in [6, 6.07) is 1.86. The van der Waals surface area contributed by atoms with Crippen molar-refractivity contribution >= 4 is 12.0 Å². The molecule has 21 heavy (non-hydrogen) atoms. The van der Waals surface area contributed by atoms with Gasteiger partial charge in [-0.2, -0.15) is 5.26 Å². The first-order valence-electron chi connectivity index (χ1n) is 7.62. The second-order valence-electron chi connectivity index (χ2n) is 5.69. The van der Waals surface area contributed by atoms with E-state index >= 15 is 0 Å². The summed E-state index contributed by atoms with van der Waals surface area (Å²) in [6.45, 7) is 6.83. The lowest BCUT2D eigenvalue weighted by Crippen LogP contribution is -2.57. The van der Waals surface area contributed by atoms with Gasteiger partial charge in [0.15, 0.2) is 0 Å². The van der Waals surface area contributed by atoms with Gasteiger partial charge in [-0.15, -0.1) is 0 Å². The Morgan fingerprint density at radius 2 is 2.14 bits per heavy atom. The minimum atomic E-state index is -1.07. The van der Waals surface area contributed by atoms with Gasteiger partial charge in [-0.25, -0.2) is 9.59 Å². The molecule has 1 aliphatic rings. The molecule has 1 rings (SSSR count). The summed E-state index contributed by atoms with van der Waals surface area (Å²) in [6.07, 6.45) is 2.41. The van der Waals surface area contributed by atoms with Crippen molar-refractivity contribution in [1.29, 1.82) is 5.26 Å². The van der Waals surface area contributed by atoms with Crippen molar-refractivity contribution in [2.24, 2.45) is 5.92 Å². The van der Waals surface area contributed by atoms with Crippen LogP contribution in [0.3, 0.4) is 0 Å². The molecule has 2 atom stereocenters. The number of likely N-dealkylation sites (tertiary alicyclic amines) is 1. The molecular weight excluding hydrogens is 270 g/mol. The van der Waals surface area contributed by atoms with Gasteiger partial charge in [0.05, 0.1) is 12.0 Å². The van der Waals surface area contributed by atoms with Crippen LogP contribution in [0.5, 0.6) is 0 Å². The summed E-state index contributed by atoms with van der Waals surface area (Å²) in [5.74, 6) is -1.18. The van der Waals surface area contributed by atoms with Crippen LogP contribution in [-0.4, -0.2) is 52.1 Å². The molecule has 1 saturated heterocycles. The van der Waals surface area contributed by atoms with Gasteiger partial charge in [0.2, 0.25) is 0 Å². The lowest BCUT2D eigenvalue weighted by atomic mass is 9.91. The molecule has 0 bridgehead atoms. The SMILES string of the molecule is CCCC1(C(=O)O)CCCN1C(=O)N(CC)CC(C)C#N. The molecule has 2 unspecified atom stereocenters. The summed E-state index contributed by atoms with van der Waals surface area (Å²) in [5.41, 5.74) is -1.07. The van der Waals surface area contributed by atoms with Crippen LogP contribution < -0.4 is 0 Å². The van der Waals surface area contributed by atoms with E-state index in [0.29, 0.717) is 38.9 Å². The minimum absolute atomic E-state index is 0.257. The van der Waals surface area contributed by atoms with E-state index in [1.165, 1.54) is 4.90 Å². The van der Waals surface area contributed by atoms with Crippen molar-refractivity contribution in [2.45, 2.75) is 52.0 Å². The quantitative estimate of drug-likeness (QED) is 0.815. The second-order valence-corrected chi connectivity index (χ2v) is 5.69. The van der Waals surface area contributed by atoms with E-state index in [1.807, 2.05) is 13.8 Å². The van der Waals surface area contributed by atoms with Gasteiger partial charge >= 0.3 is 12.0 Å². The summed E-state index contributed by atoms with van der Waals surface area (Å²) in [7, 11) is 0. The van der Waals surface area contributed by atoms with Gasteiger partial charge in [0, 0.05) is 19.6 Å². The van der Waals surface area contributed by atoms with Crippen molar-refractivity contribution in [3.63, 3.8) is 0 Å². The third kappa shape index (κ3) is 3.46. The molecule has 0 aliphatic carbocycles. The Morgan fingerprint density at radius 3 is 2.62 bits per heavy atom. The first-order valence-corrected chi connectivity index (χ1v) is 7.62. The number of nitriles is 1. The molecule has 2 amide bonds. The summed E-state index contributed by atoms with van der Waals surface area (Å²) >= 11 is 0. The maximum Gasteiger partial charge on any atom is 0.329 e. The molecule has 0 aromatic rings. The molecule has 0 radical (unpaired) electrons. The van der Waals surface area contributed by atoms with Gasteiger partial charge in [-0.1, -0.05) is 13.3 Å². The van der Waals surface area contributed by atoms with Crippen molar-refractivity contribution in [3.05, 3.63) is 0 Å². The van der Waals surface area contributed by atoms with E-state index in [1.54, 1.807) is 11.8 Å².